The van der Waals surface area contributed by atoms with Crippen LogP contribution in [-0.4, -0.2) is 6.61 Å². The summed E-state index contributed by atoms with van der Waals surface area (Å²) in [4.78, 5) is 0. The quantitative estimate of drug-likeness (QED) is 0.313. The third kappa shape index (κ3) is 6.34. The van der Waals surface area contributed by atoms with Gasteiger partial charge in [-0.25, -0.2) is 0 Å². The van der Waals surface area contributed by atoms with E-state index in [1.54, 1.807) is 0 Å². The van der Waals surface area contributed by atoms with Gasteiger partial charge in [0.25, 0.3) is 0 Å². The fourth-order valence-corrected chi connectivity index (χ4v) is 5.42. The summed E-state index contributed by atoms with van der Waals surface area (Å²) in [6.07, 6.45) is 20.6. The molecule has 28 heavy (non-hydrogen) atoms. The number of ether oxygens (including phenoxy) is 1. The number of hydrogen-bond donors (Lipinski definition) is 0. The first-order chi connectivity index (χ1) is 13.8. The molecule has 0 unspecified atom stereocenters. The normalized spacial score (nSPS) is 28.5. The van der Waals surface area contributed by atoms with Crippen LogP contribution in [0.5, 0.6) is 0 Å². The average Bonchev–Trinajstić information content (AvgIpc) is 2.75. The molecule has 0 aliphatic heterocycles. The summed E-state index contributed by atoms with van der Waals surface area (Å²) in [5.41, 5.74) is 2.81. The zero-order valence-corrected chi connectivity index (χ0v) is 18.0. The summed E-state index contributed by atoms with van der Waals surface area (Å²) < 4.78 is 5.55. The van der Waals surface area contributed by atoms with Gasteiger partial charge in [0.2, 0.25) is 0 Å². The van der Waals surface area contributed by atoms with Gasteiger partial charge in [-0.15, -0.1) is 6.58 Å². The van der Waals surface area contributed by atoms with E-state index in [4.69, 9.17) is 4.74 Å². The first-order valence-electron chi connectivity index (χ1n) is 11.7. The molecule has 1 nitrogen and oxygen atoms in total. The zero-order chi connectivity index (χ0) is 19.6. The topological polar surface area (TPSA) is 9.23 Å². The first kappa shape index (κ1) is 21.4. The molecule has 0 saturated heterocycles. The van der Waals surface area contributed by atoms with Crippen molar-refractivity contribution in [3.05, 3.63) is 60.2 Å². The minimum atomic E-state index is 0.628. The van der Waals surface area contributed by atoms with Crippen molar-refractivity contribution in [3.8, 4) is 0 Å². The van der Waals surface area contributed by atoms with E-state index in [1.807, 2.05) is 6.08 Å². The van der Waals surface area contributed by atoms with Crippen molar-refractivity contribution in [1.29, 1.82) is 0 Å². The Labute approximate surface area is 173 Å². The van der Waals surface area contributed by atoms with E-state index in [0.29, 0.717) is 13.2 Å². The monoisotopic (exact) mass is 380 g/mol. The standard InChI is InChI=1S/C27H40O/c1-3-5-6-7-22-8-12-24(13-9-22)26-16-18-27(19-17-26)25-14-10-23(11-15-25)21-28-20-4-2/h4-6,10-11,14-15,22,24,26-27H,2-3,7-9,12-13,16-21H2,1H3. The highest BCUT2D eigenvalue weighted by atomic mass is 16.5. The Balaban J connectivity index is 1.40. The molecule has 2 aliphatic rings. The van der Waals surface area contributed by atoms with E-state index in [0.717, 1.165) is 23.7 Å². The minimum absolute atomic E-state index is 0.628. The fourth-order valence-electron chi connectivity index (χ4n) is 5.42. The molecule has 1 heteroatoms. The van der Waals surface area contributed by atoms with E-state index >= 15 is 0 Å². The van der Waals surface area contributed by atoms with Gasteiger partial charge in [-0.3, -0.25) is 0 Å². The van der Waals surface area contributed by atoms with Crippen LogP contribution in [0.2, 0.25) is 0 Å². The van der Waals surface area contributed by atoms with Crippen LogP contribution in [0, 0.1) is 17.8 Å². The molecular weight excluding hydrogens is 340 g/mol. The van der Waals surface area contributed by atoms with Gasteiger partial charge in [0.15, 0.2) is 0 Å². The van der Waals surface area contributed by atoms with Crippen LogP contribution in [0.3, 0.4) is 0 Å². The summed E-state index contributed by atoms with van der Waals surface area (Å²) in [7, 11) is 0. The second-order valence-corrected chi connectivity index (χ2v) is 9.05. The smallest absolute Gasteiger partial charge is 0.0721 e. The second-order valence-electron chi connectivity index (χ2n) is 9.05. The lowest BCUT2D eigenvalue weighted by Crippen LogP contribution is -2.25. The van der Waals surface area contributed by atoms with Crippen LogP contribution >= 0.6 is 0 Å². The Hall–Kier alpha value is -1.34. The Morgan fingerprint density at radius 3 is 2.14 bits per heavy atom. The van der Waals surface area contributed by atoms with Crippen molar-refractivity contribution in [2.45, 2.75) is 83.7 Å². The summed E-state index contributed by atoms with van der Waals surface area (Å²) in [6, 6.07) is 9.18. The maximum atomic E-state index is 5.55. The van der Waals surface area contributed by atoms with E-state index in [9.17, 15) is 0 Å². The Morgan fingerprint density at radius 2 is 1.54 bits per heavy atom. The predicted octanol–water partition coefficient (Wildman–Crippen LogP) is 7.83. The van der Waals surface area contributed by atoms with Gasteiger partial charge in [0.05, 0.1) is 13.2 Å². The molecular formula is C27H40O. The van der Waals surface area contributed by atoms with Gasteiger partial charge >= 0.3 is 0 Å². The van der Waals surface area contributed by atoms with E-state index in [1.165, 1.54) is 75.3 Å². The molecule has 0 atom stereocenters. The van der Waals surface area contributed by atoms with E-state index < -0.39 is 0 Å². The highest BCUT2D eigenvalue weighted by Gasteiger charge is 2.30. The Morgan fingerprint density at radius 1 is 0.893 bits per heavy atom. The van der Waals surface area contributed by atoms with Crippen LogP contribution in [0.4, 0.5) is 0 Å². The fraction of sp³-hybridized carbons (Fsp3) is 0.630. The molecule has 0 radical (unpaired) electrons. The SMILES string of the molecule is C=CCOCc1ccc(C2CCC(C3CCC(CC=CCC)CC3)CC2)cc1. The molecule has 0 N–H and O–H groups in total. The molecule has 0 amide bonds. The number of hydrogen-bond acceptors (Lipinski definition) is 1. The summed E-state index contributed by atoms with van der Waals surface area (Å²) >= 11 is 0. The molecule has 0 heterocycles. The lowest BCUT2D eigenvalue weighted by atomic mass is 9.68. The molecule has 2 saturated carbocycles. The van der Waals surface area contributed by atoms with E-state index in [-0.39, 0.29) is 0 Å². The summed E-state index contributed by atoms with van der Waals surface area (Å²) in [6.45, 7) is 7.25. The average molecular weight is 381 g/mol. The van der Waals surface area contributed by atoms with E-state index in [2.05, 4.69) is 49.9 Å². The maximum absolute atomic E-state index is 5.55. The number of allylic oxidation sites excluding steroid dienone is 2. The molecule has 1 aromatic carbocycles. The number of benzene rings is 1. The molecule has 3 rings (SSSR count). The Kier molecular flexibility index (Phi) is 8.86. The molecule has 1 aromatic rings. The van der Waals surface area contributed by atoms with Crippen molar-refractivity contribution in [1.82, 2.24) is 0 Å². The highest BCUT2D eigenvalue weighted by molar-refractivity contribution is 5.25. The third-order valence-electron chi connectivity index (χ3n) is 7.16. The summed E-state index contributed by atoms with van der Waals surface area (Å²) in [5, 5.41) is 0. The molecule has 0 bridgehead atoms. The number of rotatable bonds is 9. The third-order valence-corrected chi connectivity index (χ3v) is 7.16. The van der Waals surface area contributed by atoms with Crippen molar-refractivity contribution < 1.29 is 4.74 Å². The van der Waals surface area contributed by atoms with Gasteiger partial charge in [-0.1, -0.05) is 49.4 Å². The van der Waals surface area contributed by atoms with Gasteiger partial charge in [-0.05, 0) is 99.0 Å². The summed E-state index contributed by atoms with van der Waals surface area (Å²) in [5.74, 6) is 3.74. The van der Waals surface area contributed by atoms with Crippen LogP contribution in [-0.2, 0) is 11.3 Å². The lowest BCUT2D eigenvalue weighted by molar-refractivity contribution is 0.149. The van der Waals surface area contributed by atoms with Gasteiger partial charge in [0.1, 0.15) is 0 Å². The molecule has 154 valence electrons. The first-order valence-corrected chi connectivity index (χ1v) is 11.7. The maximum Gasteiger partial charge on any atom is 0.0721 e. The molecule has 0 spiro atoms. The van der Waals surface area contributed by atoms with Crippen LogP contribution < -0.4 is 0 Å². The van der Waals surface area contributed by atoms with Crippen molar-refractivity contribution in [2.75, 3.05) is 6.61 Å². The predicted molar refractivity (Wildman–Crippen MR) is 120 cm³/mol. The molecule has 0 aromatic heterocycles. The van der Waals surface area contributed by atoms with Crippen molar-refractivity contribution in [3.63, 3.8) is 0 Å². The van der Waals surface area contributed by atoms with Crippen LogP contribution in [0.25, 0.3) is 0 Å². The van der Waals surface area contributed by atoms with Gasteiger partial charge in [-0.2, -0.15) is 0 Å². The molecule has 2 fully saturated rings. The van der Waals surface area contributed by atoms with Crippen molar-refractivity contribution in [2.24, 2.45) is 17.8 Å². The second kappa shape index (κ2) is 11.6. The van der Waals surface area contributed by atoms with Crippen LogP contribution in [0.1, 0.15) is 88.2 Å². The largest absolute Gasteiger partial charge is 0.373 e. The zero-order valence-electron chi connectivity index (χ0n) is 18.0. The Bertz CT molecular complexity index is 583. The van der Waals surface area contributed by atoms with Crippen molar-refractivity contribution >= 4 is 0 Å². The minimum Gasteiger partial charge on any atom is -0.373 e. The molecule has 2 aliphatic carbocycles. The van der Waals surface area contributed by atoms with Crippen LogP contribution in [0.15, 0.2) is 49.1 Å². The van der Waals surface area contributed by atoms with Gasteiger partial charge < -0.3 is 4.74 Å². The lowest BCUT2D eigenvalue weighted by Gasteiger charge is -2.38. The van der Waals surface area contributed by atoms with Gasteiger partial charge in [0, 0.05) is 0 Å². The highest BCUT2D eigenvalue weighted by Crippen LogP contribution is 2.44.